The van der Waals surface area contributed by atoms with Crippen LogP contribution in [0.1, 0.15) is 11.3 Å². The highest BCUT2D eigenvalue weighted by atomic mass is 79.9. The van der Waals surface area contributed by atoms with Crippen molar-refractivity contribution < 1.29 is 13.2 Å². The number of halogens is 4. The first-order valence-electron chi connectivity index (χ1n) is 6.70. The minimum atomic E-state index is -4.47. The monoisotopic (exact) mass is 381 g/mol. The second-order valence-electron chi connectivity index (χ2n) is 5.04. The molecule has 0 amide bonds. The molecule has 0 spiro atoms. The van der Waals surface area contributed by atoms with E-state index in [0.717, 1.165) is 27.9 Å². The zero-order valence-electron chi connectivity index (χ0n) is 11.9. The van der Waals surface area contributed by atoms with E-state index < -0.39 is 11.9 Å². The summed E-state index contributed by atoms with van der Waals surface area (Å²) in [5, 5.41) is 0. The van der Waals surface area contributed by atoms with Crippen molar-refractivity contribution in [2.75, 3.05) is 0 Å². The maximum atomic E-state index is 12.7. The zero-order chi connectivity index (χ0) is 16.6. The molecule has 0 saturated carbocycles. The number of nitrogens with zero attached hydrogens (tertiary/aromatic N) is 2. The van der Waals surface area contributed by atoms with E-state index in [1.54, 1.807) is 0 Å². The second-order valence-corrected chi connectivity index (χ2v) is 5.89. The third-order valence-corrected chi connectivity index (χ3v) is 4.24. The summed E-state index contributed by atoms with van der Waals surface area (Å²) in [6.07, 6.45) is -1.82. The van der Waals surface area contributed by atoms with Crippen LogP contribution in [0.4, 0.5) is 13.2 Å². The standard InChI is InChI=1S/C16H11BrF3N3/c1-9-2-3-11(6-12(9)17)15-22-8-13(23-15)10-4-5-21-14(7-10)16(18,19)20/h2-8H,1H3,(H,22,23). The van der Waals surface area contributed by atoms with E-state index in [4.69, 9.17) is 0 Å². The Morgan fingerprint density at radius 2 is 1.83 bits per heavy atom. The SMILES string of the molecule is Cc1ccc(-c2ncc(-c3ccnc(C(F)(F)F)c3)[nH]2)cc1Br. The van der Waals surface area contributed by atoms with Gasteiger partial charge in [0.2, 0.25) is 0 Å². The number of alkyl halides is 3. The second kappa shape index (κ2) is 5.81. The number of H-pyrrole nitrogens is 1. The number of nitrogens with one attached hydrogen (secondary N) is 1. The quantitative estimate of drug-likeness (QED) is 0.660. The van der Waals surface area contributed by atoms with Gasteiger partial charge in [0.25, 0.3) is 0 Å². The Labute approximate surface area is 138 Å². The maximum Gasteiger partial charge on any atom is 0.433 e. The molecular formula is C16H11BrF3N3. The van der Waals surface area contributed by atoms with Gasteiger partial charge in [0, 0.05) is 21.8 Å². The van der Waals surface area contributed by atoms with Gasteiger partial charge in [-0.15, -0.1) is 0 Å². The summed E-state index contributed by atoms with van der Waals surface area (Å²) in [5.74, 6) is 0.589. The molecular weight excluding hydrogens is 371 g/mol. The summed E-state index contributed by atoms with van der Waals surface area (Å²) in [4.78, 5) is 10.6. The lowest BCUT2D eigenvalue weighted by Crippen LogP contribution is -2.07. The molecule has 23 heavy (non-hydrogen) atoms. The summed E-state index contributed by atoms with van der Waals surface area (Å²) >= 11 is 3.45. The molecule has 0 unspecified atom stereocenters. The molecule has 0 atom stereocenters. The first-order chi connectivity index (χ1) is 10.8. The number of aryl methyl sites for hydroxylation is 1. The van der Waals surface area contributed by atoms with Gasteiger partial charge >= 0.3 is 6.18 Å². The average molecular weight is 382 g/mol. The van der Waals surface area contributed by atoms with Crippen molar-refractivity contribution in [3.05, 3.63) is 58.5 Å². The molecule has 7 heteroatoms. The predicted molar refractivity (Wildman–Crippen MR) is 84.7 cm³/mol. The summed E-state index contributed by atoms with van der Waals surface area (Å²) in [6, 6.07) is 8.26. The van der Waals surface area contributed by atoms with E-state index in [1.807, 2.05) is 25.1 Å². The number of aromatic amines is 1. The van der Waals surface area contributed by atoms with Crippen molar-refractivity contribution in [3.63, 3.8) is 0 Å². The zero-order valence-corrected chi connectivity index (χ0v) is 13.5. The topological polar surface area (TPSA) is 41.6 Å². The molecule has 0 saturated heterocycles. The van der Waals surface area contributed by atoms with Crippen LogP contribution >= 0.6 is 15.9 Å². The first kappa shape index (κ1) is 15.7. The Hall–Kier alpha value is -2.15. The molecule has 1 N–H and O–H groups in total. The molecule has 3 nitrogen and oxygen atoms in total. The molecule has 3 aromatic rings. The third kappa shape index (κ3) is 3.29. The van der Waals surface area contributed by atoms with Crippen LogP contribution in [-0.2, 0) is 6.18 Å². The molecule has 1 aromatic carbocycles. The van der Waals surface area contributed by atoms with Crippen molar-refractivity contribution in [1.82, 2.24) is 15.0 Å². The number of hydrogen-bond donors (Lipinski definition) is 1. The molecule has 0 aliphatic heterocycles. The minimum absolute atomic E-state index is 0.386. The highest BCUT2D eigenvalue weighted by Gasteiger charge is 2.32. The van der Waals surface area contributed by atoms with E-state index in [9.17, 15) is 13.2 Å². The lowest BCUT2D eigenvalue weighted by molar-refractivity contribution is -0.141. The van der Waals surface area contributed by atoms with E-state index in [1.165, 1.54) is 12.3 Å². The van der Waals surface area contributed by atoms with Gasteiger partial charge in [-0.25, -0.2) is 4.98 Å². The fourth-order valence-corrected chi connectivity index (χ4v) is 2.49. The maximum absolute atomic E-state index is 12.7. The summed E-state index contributed by atoms with van der Waals surface area (Å²) in [6.45, 7) is 1.97. The van der Waals surface area contributed by atoms with Crippen LogP contribution in [0.5, 0.6) is 0 Å². The number of imidazole rings is 1. The van der Waals surface area contributed by atoms with Gasteiger partial charge in [0.15, 0.2) is 0 Å². The Balaban J connectivity index is 1.97. The number of pyridine rings is 1. The molecule has 2 aromatic heterocycles. The summed E-state index contributed by atoms with van der Waals surface area (Å²) < 4.78 is 39.2. The van der Waals surface area contributed by atoms with Crippen LogP contribution in [0, 0.1) is 6.92 Å². The van der Waals surface area contributed by atoms with E-state index in [-0.39, 0.29) is 0 Å². The van der Waals surface area contributed by atoms with Gasteiger partial charge in [0.1, 0.15) is 11.5 Å². The molecule has 0 aliphatic carbocycles. The normalized spacial score (nSPS) is 11.7. The highest BCUT2D eigenvalue weighted by molar-refractivity contribution is 9.10. The third-order valence-electron chi connectivity index (χ3n) is 3.38. The van der Waals surface area contributed by atoms with Crippen LogP contribution in [0.2, 0.25) is 0 Å². The highest BCUT2D eigenvalue weighted by Crippen LogP contribution is 2.31. The smallest absolute Gasteiger partial charge is 0.338 e. The van der Waals surface area contributed by atoms with Gasteiger partial charge in [-0.3, -0.25) is 4.98 Å². The summed E-state index contributed by atoms with van der Waals surface area (Å²) in [7, 11) is 0. The van der Waals surface area contributed by atoms with Gasteiger partial charge in [0.05, 0.1) is 11.9 Å². The molecule has 2 heterocycles. The van der Waals surface area contributed by atoms with E-state index >= 15 is 0 Å². The van der Waals surface area contributed by atoms with Crippen molar-refractivity contribution in [2.45, 2.75) is 13.1 Å². The van der Waals surface area contributed by atoms with Gasteiger partial charge in [-0.2, -0.15) is 13.2 Å². The van der Waals surface area contributed by atoms with Gasteiger partial charge in [-0.05, 0) is 30.7 Å². The van der Waals surface area contributed by atoms with E-state index in [0.29, 0.717) is 17.1 Å². The molecule has 3 rings (SSSR count). The van der Waals surface area contributed by atoms with Crippen molar-refractivity contribution >= 4 is 15.9 Å². The molecule has 0 aliphatic rings. The summed E-state index contributed by atoms with van der Waals surface area (Å²) in [5.41, 5.74) is 1.90. The van der Waals surface area contributed by atoms with Crippen molar-refractivity contribution in [3.8, 4) is 22.6 Å². The number of aromatic nitrogens is 3. The Morgan fingerprint density at radius 3 is 2.52 bits per heavy atom. The average Bonchev–Trinajstić information content (AvgIpc) is 2.99. The predicted octanol–water partition coefficient (Wildman–Crippen LogP) is 5.23. The largest absolute Gasteiger partial charge is 0.433 e. The van der Waals surface area contributed by atoms with Crippen LogP contribution in [-0.4, -0.2) is 15.0 Å². The van der Waals surface area contributed by atoms with Crippen LogP contribution in [0.3, 0.4) is 0 Å². The number of benzene rings is 1. The molecule has 0 bridgehead atoms. The van der Waals surface area contributed by atoms with Crippen LogP contribution in [0.15, 0.2) is 47.2 Å². The fraction of sp³-hybridized carbons (Fsp3) is 0.125. The lowest BCUT2D eigenvalue weighted by atomic mass is 10.1. The molecule has 0 radical (unpaired) electrons. The van der Waals surface area contributed by atoms with Crippen molar-refractivity contribution in [1.29, 1.82) is 0 Å². The molecule has 118 valence electrons. The van der Waals surface area contributed by atoms with Gasteiger partial charge < -0.3 is 4.98 Å². The Kier molecular flexibility index (Phi) is 3.97. The van der Waals surface area contributed by atoms with Crippen molar-refractivity contribution in [2.24, 2.45) is 0 Å². The van der Waals surface area contributed by atoms with Crippen LogP contribution in [0.25, 0.3) is 22.6 Å². The van der Waals surface area contributed by atoms with E-state index in [2.05, 4.69) is 30.9 Å². The Bertz CT molecular complexity index is 856. The fourth-order valence-electron chi connectivity index (χ4n) is 2.11. The Morgan fingerprint density at radius 1 is 1.04 bits per heavy atom. The molecule has 0 fully saturated rings. The van der Waals surface area contributed by atoms with Crippen LogP contribution < -0.4 is 0 Å². The first-order valence-corrected chi connectivity index (χ1v) is 7.49. The number of hydrogen-bond acceptors (Lipinski definition) is 2. The number of rotatable bonds is 2. The lowest BCUT2D eigenvalue weighted by Gasteiger charge is -2.06. The van der Waals surface area contributed by atoms with Gasteiger partial charge in [-0.1, -0.05) is 28.1 Å². The minimum Gasteiger partial charge on any atom is -0.338 e.